The summed E-state index contributed by atoms with van der Waals surface area (Å²) >= 11 is 7.47. The van der Waals surface area contributed by atoms with Crippen LogP contribution >= 0.6 is 45.3 Å². The Labute approximate surface area is 296 Å². The van der Waals surface area contributed by atoms with Crippen LogP contribution in [0.25, 0.3) is 39.7 Å². The number of rotatable bonds is 8. The highest BCUT2D eigenvalue weighted by molar-refractivity contribution is 7.30. The van der Waals surface area contributed by atoms with Crippen molar-refractivity contribution in [2.75, 3.05) is 0 Å². The molecule has 6 heteroatoms. The van der Waals surface area contributed by atoms with Gasteiger partial charge in [-0.05, 0) is 67.3 Å². The molecule has 5 aromatic rings. The lowest BCUT2D eigenvalue weighted by molar-refractivity contribution is 0.838. The number of hydrogen-bond donors (Lipinski definition) is 0. The molecule has 0 spiro atoms. The van der Waals surface area contributed by atoms with Crippen LogP contribution in [0.15, 0.2) is 47.2 Å². The Hall–Kier alpha value is -1.91. The van der Waals surface area contributed by atoms with E-state index in [1.165, 1.54) is 50.8 Å². The summed E-state index contributed by atoms with van der Waals surface area (Å²) < 4.78 is 5.40. The summed E-state index contributed by atoms with van der Waals surface area (Å²) in [4.78, 5) is 2.63. The molecule has 46 heavy (non-hydrogen) atoms. The lowest BCUT2D eigenvalue weighted by atomic mass is 10.0. The molecule has 0 aliphatic rings. The second kappa shape index (κ2) is 13.9. The van der Waals surface area contributed by atoms with Crippen molar-refractivity contribution in [2.45, 2.75) is 116 Å². The molecule has 0 fully saturated rings. The summed E-state index contributed by atoms with van der Waals surface area (Å²) in [6.07, 6.45) is 0. The lowest BCUT2D eigenvalue weighted by Gasteiger charge is -2.38. The van der Waals surface area contributed by atoms with Crippen molar-refractivity contribution >= 4 is 80.3 Å². The van der Waals surface area contributed by atoms with Crippen molar-refractivity contribution in [1.82, 2.24) is 0 Å². The first-order chi connectivity index (χ1) is 21.7. The molecule has 0 unspecified atom stereocenters. The van der Waals surface area contributed by atoms with Crippen molar-refractivity contribution in [3.63, 3.8) is 0 Å². The molecule has 0 radical (unpaired) electrons. The van der Waals surface area contributed by atoms with E-state index in [0.29, 0.717) is 33.2 Å². The van der Waals surface area contributed by atoms with Crippen molar-refractivity contribution in [3.8, 4) is 43.8 Å². The maximum atomic E-state index is 4.03. The number of fused-ring (bicyclic) bond motifs is 2. The summed E-state index contributed by atoms with van der Waals surface area (Å²) in [6, 6.07) is 13.8. The predicted octanol–water partition coefficient (Wildman–Crippen LogP) is 14.7. The molecule has 0 amide bonds. The standard InChI is InChI=1S/C40H50S4Si2/c1-25(2)45(26(3)4,27(5)6)23-19-33-37(43-35-17-21-41-39(33)35)31-13-15-32(16-14-31)38-34(40-36(44-38)18-22-42-40)20-24-46(28(7)8,29(9)10)30(11)12/h13-18,21-22,25-30H,1-12H3. The smallest absolute Gasteiger partial charge is 0.142 e. The van der Waals surface area contributed by atoms with Gasteiger partial charge in [0, 0.05) is 9.40 Å². The minimum absolute atomic E-state index is 0.618. The lowest BCUT2D eigenvalue weighted by Crippen LogP contribution is -2.43. The third kappa shape index (κ3) is 6.08. The fourth-order valence-electron chi connectivity index (χ4n) is 8.26. The monoisotopic (exact) mass is 714 g/mol. The van der Waals surface area contributed by atoms with Crippen LogP contribution in [0.4, 0.5) is 0 Å². The zero-order chi connectivity index (χ0) is 33.6. The Morgan fingerprint density at radius 2 is 0.761 bits per heavy atom. The first-order valence-electron chi connectivity index (χ1n) is 16.9. The molecule has 0 bridgehead atoms. The molecule has 0 nitrogen and oxygen atoms in total. The number of hydrogen-bond acceptors (Lipinski definition) is 4. The van der Waals surface area contributed by atoms with Crippen LogP contribution in [0.2, 0.25) is 33.2 Å². The molecule has 0 saturated heterocycles. The van der Waals surface area contributed by atoms with Crippen LogP contribution in [0, 0.1) is 22.9 Å². The average molecular weight is 715 g/mol. The van der Waals surface area contributed by atoms with E-state index in [1.54, 1.807) is 0 Å². The van der Waals surface area contributed by atoms with E-state index >= 15 is 0 Å². The largest absolute Gasteiger partial charge is 0.146 e. The van der Waals surface area contributed by atoms with E-state index < -0.39 is 16.1 Å². The van der Waals surface area contributed by atoms with Gasteiger partial charge in [0.05, 0.1) is 30.3 Å². The van der Waals surface area contributed by atoms with E-state index in [4.69, 9.17) is 0 Å². The van der Waals surface area contributed by atoms with E-state index in [1.807, 2.05) is 45.3 Å². The quantitative estimate of drug-likeness (QED) is 0.111. The molecule has 4 heterocycles. The Morgan fingerprint density at radius 3 is 1.04 bits per heavy atom. The average Bonchev–Trinajstić information content (AvgIpc) is 3.75. The molecule has 5 rings (SSSR count). The maximum Gasteiger partial charge on any atom is 0.146 e. The first-order valence-corrected chi connectivity index (χ1v) is 24.8. The number of thiophene rings is 4. The normalized spacial score (nSPS) is 12.7. The van der Waals surface area contributed by atoms with Gasteiger partial charge in [-0.3, -0.25) is 0 Å². The van der Waals surface area contributed by atoms with Crippen molar-refractivity contribution in [3.05, 3.63) is 58.3 Å². The molecule has 4 aromatic heterocycles. The molecule has 0 aliphatic carbocycles. The highest BCUT2D eigenvalue weighted by atomic mass is 32.1. The third-order valence-corrected chi connectivity index (χ3v) is 27.7. The summed E-state index contributed by atoms with van der Waals surface area (Å²) in [5, 5.41) is 4.44. The summed E-state index contributed by atoms with van der Waals surface area (Å²) in [5.41, 5.74) is 16.8. The van der Waals surface area contributed by atoms with Gasteiger partial charge in [0.25, 0.3) is 0 Å². The zero-order valence-corrected chi connectivity index (χ0v) is 35.0. The predicted molar refractivity (Wildman–Crippen MR) is 220 cm³/mol. The van der Waals surface area contributed by atoms with E-state index in [2.05, 4.69) is 153 Å². The van der Waals surface area contributed by atoms with Crippen molar-refractivity contribution in [2.24, 2.45) is 0 Å². The highest BCUT2D eigenvalue weighted by Crippen LogP contribution is 2.46. The van der Waals surface area contributed by atoms with Crippen LogP contribution in [-0.2, 0) is 0 Å². The summed E-state index contributed by atoms with van der Waals surface area (Å²) in [7, 11) is -3.69. The van der Waals surface area contributed by atoms with Gasteiger partial charge in [0.1, 0.15) is 16.1 Å². The molecule has 1 aromatic carbocycles. The molecule has 0 N–H and O–H groups in total. The van der Waals surface area contributed by atoms with Crippen LogP contribution in [0.5, 0.6) is 0 Å². The van der Waals surface area contributed by atoms with Gasteiger partial charge in [-0.15, -0.1) is 56.4 Å². The van der Waals surface area contributed by atoms with Gasteiger partial charge in [0.15, 0.2) is 0 Å². The van der Waals surface area contributed by atoms with Gasteiger partial charge in [-0.1, -0.05) is 119 Å². The molecular weight excluding hydrogens is 665 g/mol. The third-order valence-electron chi connectivity index (χ3n) is 10.5. The van der Waals surface area contributed by atoms with Crippen molar-refractivity contribution in [1.29, 1.82) is 0 Å². The summed E-state index contributed by atoms with van der Waals surface area (Å²) in [5.74, 6) is 7.71. The van der Waals surface area contributed by atoms with Crippen LogP contribution in [0.1, 0.15) is 94.2 Å². The Bertz CT molecular complexity index is 1750. The second-order valence-electron chi connectivity index (χ2n) is 14.7. The van der Waals surface area contributed by atoms with Gasteiger partial charge >= 0.3 is 0 Å². The van der Waals surface area contributed by atoms with Crippen LogP contribution in [0.3, 0.4) is 0 Å². The minimum atomic E-state index is -1.85. The first kappa shape index (κ1) is 35.4. The molecule has 242 valence electrons. The van der Waals surface area contributed by atoms with Gasteiger partial charge < -0.3 is 0 Å². The minimum Gasteiger partial charge on any atom is -0.142 e. The fraction of sp³-hybridized carbons (Fsp3) is 0.450. The fourth-order valence-corrected chi connectivity index (χ4v) is 23.2. The van der Waals surface area contributed by atoms with E-state index in [9.17, 15) is 0 Å². The highest BCUT2D eigenvalue weighted by Gasteiger charge is 2.42. The molecule has 0 saturated carbocycles. The van der Waals surface area contributed by atoms with Crippen LogP contribution < -0.4 is 0 Å². The zero-order valence-electron chi connectivity index (χ0n) is 29.7. The van der Waals surface area contributed by atoms with E-state index in [-0.39, 0.29) is 0 Å². The summed E-state index contributed by atoms with van der Waals surface area (Å²) in [6.45, 7) is 28.8. The van der Waals surface area contributed by atoms with E-state index in [0.717, 1.165) is 0 Å². The Kier molecular flexibility index (Phi) is 10.7. The van der Waals surface area contributed by atoms with Gasteiger partial charge in [-0.2, -0.15) is 0 Å². The van der Waals surface area contributed by atoms with Gasteiger partial charge in [-0.25, -0.2) is 0 Å². The topological polar surface area (TPSA) is 0 Å². The Morgan fingerprint density at radius 1 is 0.457 bits per heavy atom. The SMILES string of the molecule is CC(C)[Si](C#Cc1c(-c2ccc(-c3sc4ccsc4c3C#C[Si](C(C)C)(C(C)C)C(C)C)cc2)sc2ccsc12)(C(C)C)C(C)C. The molecule has 0 aliphatic heterocycles. The molecule has 0 atom stereocenters. The Balaban J connectivity index is 1.60. The van der Waals surface area contributed by atoms with Gasteiger partial charge in [0.2, 0.25) is 0 Å². The van der Waals surface area contributed by atoms with Crippen molar-refractivity contribution < 1.29 is 0 Å². The maximum absolute atomic E-state index is 4.03. The molecular formula is C40H50S4Si2. The number of benzene rings is 1. The van der Waals surface area contributed by atoms with Crippen LogP contribution in [-0.4, -0.2) is 16.1 Å². The second-order valence-corrected chi connectivity index (χ2v) is 29.8.